The number of carbonyl (C=O) groups excluding carboxylic acids is 1. The highest BCUT2D eigenvalue weighted by molar-refractivity contribution is 7.14. The normalized spacial score (nSPS) is 21.7. The zero-order valence-electron chi connectivity index (χ0n) is 12.2. The first kappa shape index (κ1) is 14.7. The number of Topliss-reactive ketones (excluding diaryl/α,β-unsaturated/α-hetero) is 1. The number of piperazine rings is 1. The molecule has 1 aromatic heterocycles. The molecule has 0 spiro atoms. The van der Waals surface area contributed by atoms with Crippen LogP contribution in [-0.2, 0) is 6.42 Å². The molecule has 1 aliphatic heterocycles. The van der Waals surface area contributed by atoms with Gasteiger partial charge in [0.15, 0.2) is 5.78 Å². The van der Waals surface area contributed by atoms with Crippen molar-refractivity contribution in [3.63, 3.8) is 0 Å². The van der Waals surface area contributed by atoms with Gasteiger partial charge in [-0.05, 0) is 32.0 Å². The summed E-state index contributed by atoms with van der Waals surface area (Å²) in [5, 5.41) is 0. The van der Waals surface area contributed by atoms with Gasteiger partial charge in [0, 0.05) is 30.6 Å². The minimum absolute atomic E-state index is 0.279. The lowest BCUT2D eigenvalue weighted by molar-refractivity contribution is 0.0726. The number of hydrogen-bond donors (Lipinski definition) is 0. The van der Waals surface area contributed by atoms with Gasteiger partial charge in [0.1, 0.15) is 0 Å². The van der Waals surface area contributed by atoms with Crippen LogP contribution < -0.4 is 0 Å². The Balaban J connectivity index is 1.89. The molecular weight excluding hydrogens is 256 g/mol. The first-order chi connectivity index (χ1) is 9.13. The van der Waals surface area contributed by atoms with E-state index in [1.54, 1.807) is 11.3 Å². The zero-order valence-corrected chi connectivity index (χ0v) is 13.0. The zero-order chi connectivity index (χ0) is 13.8. The molecule has 0 bridgehead atoms. The Bertz CT molecular complexity index is 430. The topological polar surface area (TPSA) is 23.6 Å². The smallest absolute Gasteiger partial charge is 0.186 e. The van der Waals surface area contributed by atoms with Crippen molar-refractivity contribution in [2.75, 3.05) is 32.7 Å². The third-order valence-electron chi connectivity index (χ3n) is 3.91. The average molecular weight is 280 g/mol. The van der Waals surface area contributed by atoms with Crippen LogP contribution in [0.2, 0.25) is 0 Å². The Kier molecular flexibility index (Phi) is 5.13. The lowest BCUT2D eigenvalue weighted by Crippen LogP contribution is -2.52. The third-order valence-corrected chi connectivity index (χ3v) is 5.18. The number of thiophene rings is 1. The van der Waals surface area contributed by atoms with E-state index in [0.29, 0.717) is 12.6 Å². The van der Waals surface area contributed by atoms with Crippen LogP contribution in [0.3, 0.4) is 0 Å². The van der Waals surface area contributed by atoms with Crippen molar-refractivity contribution in [1.82, 2.24) is 9.80 Å². The molecule has 0 aromatic carbocycles. The molecule has 1 saturated heterocycles. The average Bonchev–Trinajstić information content (AvgIpc) is 2.88. The van der Waals surface area contributed by atoms with E-state index in [9.17, 15) is 4.79 Å². The largest absolute Gasteiger partial charge is 0.298 e. The molecule has 1 aromatic rings. The fraction of sp³-hybridized carbons (Fsp3) is 0.667. The van der Waals surface area contributed by atoms with Crippen molar-refractivity contribution in [3.05, 3.63) is 21.9 Å². The van der Waals surface area contributed by atoms with E-state index in [1.807, 2.05) is 6.07 Å². The SMILES string of the molecule is CCc1ccc(C(=O)CN2CCN(CC)C(C)C2)s1. The molecule has 0 amide bonds. The van der Waals surface area contributed by atoms with Crippen LogP contribution >= 0.6 is 11.3 Å². The van der Waals surface area contributed by atoms with Gasteiger partial charge < -0.3 is 0 Å². The van der Waals surface area contributed by atoms with Gasteiger partial charge in [-0.25, -0.2) is 0 Å². The van der Waals surface area contributed by atoms with Gasteiger partial charge in [0.2, 0.25) is 0 Å². The molecule has 106 valence electrons. The number of likely N-dealkylation sites (N-methyl/N-ethyl adjacent to an activating group) is 1. The summed E-state index contributed by atoms with van der Waals surface area (Å²) < 4.78 is 0. The summed E-state index contributed by atoms with van der Waals surface area (Å²) in [6.45, 7) is 11.4. The quantitative estimate of drug-likeness (QED) is 0.774. The molecule has 1 unspecified atom stereocenters. The van der Waals surface area contributed by atoms with Gasteiger partial charge in [0.25, 0.3) is 0 Å². The second-order valence-electron chi connectivity index (χ2n) is 5.26. The maximum atomic E-state index is 12.3. The Morgan fingerprint density at radius 3 is 2.74 bits per heavy atom. The summed E-state index contributed by atoms with van der Waals surface area (Å²) in [6.07, 6.45) is 1.02. The standard InChI is InChI=1S/C15H24N2OS/c1-4-13-6-7-15(19-13)14(18)11-16-8-9-17(5-2)12(3)10-16/h6-7,12H,4-5,8-11H2,1-3H3. The molecule has 19 heavy (non-hydrogen) atoms. The molecule has 2 rings (SSSR count). The summed E-state index contributed by atoms with van der Waals surface area (Å²) in [5.41, 5.74) is 0. The summed E-state index contributed by atoms with van der Waals surface area (Å²) in [4.78, 5) is 19.2. The van der Waals surface area contributed by atoms with Gasteiger partial charge in [-0.1, -0.05) is 13.8 Å². The van der Waals surface area contributed by atoms with Crippen molar-refractivity contribution < 1.29 is 4.79 Å². The predicted molar refractivity (Wildman–Crippen MR) is 81.2 cm³/mol. The monoisotopic (exact) mass is 280 g/mol. The van der Waals surface area contributed by atoms with Crippen molar-refractivity contribution in [1.29, 1.82) is 0 Å². The van der Waals surface area contributed by atoms with E-state index >= 15 is 0 Å². The van der Waals surface area contributed by atoms with E-state index in [1.165, 1.54) is 4.88 Å². The summed E-state index contributed by atoms with van der Waals surface area (Å²) >= 11 is 1.65. The van der Waals surface area contributed by atoms with Gasteiger partial charge in [-0.2, -0.15) is 0 Å². The molecule has 3 nitrogen and oxygen atoms in total. The Labute approximate surface area is 120 Å². The molecule has 1 aliphatic rings. The second-order valence-corrected chi connectivity index (χ2v) is 6.42. The van der Waals surface area contributed by atoms with Gasteiger partial charge in [0.05, 0.1) is 11.4 Å². The first-order valence-corrected chi connectivity index (χ1v) is 8.04. The highest BCUT2D eigenvalue weighted by Crippen LogP contribution is 2.18. The molecular formula is C15H24N2OS. The van der Waals surface area contributed by atoms with Crippen LogP contribution in [0.1, 0.15) is 35.3 Å². The molecule has 0 saturated carbocycles. The number of nitrogens with zero attached hydrogens (tertiary/aromatic N) is 2. The van der Waals surface area contributed by atoms with Crippen molar-refractivity contribution >= 4 is 17.1 Å². The molecule has 1 atom stereocenters. The van der Waals surface area contributed by atoms with Crippen molar-refractivity contribution in [2.45, 2.75) is 33.2 Å². The van der Waals surface area contributed by atoms with E-state index < -0.39 is 0 Å². The Hall–Kier alpha value is -0.710. The first-order valence-electron chi connectivity index (χ1n) is 7.22. The molecule has 0 N–H and O–H groups in total. The van der Waals surface area contributed by atoms with Crippen molar-refractivity contribution in [3.8, 4) is 0 Å². The van der Waals surface area contributed by atoms with Gasteiger partial charge in [-0.15, -0.1) is 11.3 Å². The fourth-order valence-corrected chi connectivity index (χ4v) is 3.56. The van der Waals surface area contributed by atoms with Gasteiger partial charge >= 0.3 is 0 Å². The van der Waals surface area contributed by atoms with E-state index in [0.717, 1.165) is 37.5 Å². The van der Waals surface area contributed by atoms with Gasteiger partial charge in [-0.3, -0.25) is 14.6 Å². The Morgan fingerprint density at radius 1 is 1.37 bits per heavy atom. The molecule has 1 fully saturated rings. The summed E-state index contributed by atoms with van der Waals surface area (Å²) in [6, 6.07) is 4.62. The van der Waals surface area contributed by atoms with E-state index in [2.05, 4.69) is 36.6 Å². The predicted octanol–water partition coefficient (Wildman–Crippen LogP) is 2.52. The minimum Gasteiger partial charge on any atom is -0.298 e. The second kappa shape index (κ2) is 6.64. The Morgan fingerprint density at radius 2 is 2.16 bits per heavy atom. The number of carbonyl (C=O) groups is 1. The lowest BCUT2D eigenvalue weighted by atomic mass is 10.1. The summed E-state index contributed by atoms with van der Waals surface area (Å²) in [7, 11) is 0. The van der Waals surface area contributed by atoms with E-state index in [-0.39, 0.29) is 5.78 Å². The summed E-state index contributed by atoms with van der Waals surface area (Å²) in [5.74, 6) is 0.279. The minimum atomic E-state index is 0.279. The molecule has 2 heterocycles. The van der Waals surface area contributed by atoms with Crippen LogP contribution in [0.4, 0.5) is 0 Å². The maximum absolute atomic E-state index is 12.3. The number of ketones is 1. The number of hydrogen-bond acceptors (Lipinski definition) is 4. The fourth-order valence-electron chi connectivity index (χ4n) is 2.68. The molecule has 0 aliphatic carbocycles. The van der Waals surface area contributed by atoms with E-state index in [4.69, 9.17) is 0 Å². The third kappa shape index (κ3) is 3.65. The molecule has 0 radical (unpaired) electrons. The van der Waals surface area contributed by atoms with Crippen LogP contribution in [0.5, 0.6) is 0 Å². The van der Waals surface area contributed by atoms with Crippen LogP contribution in [0.25, 0.3) is 0 Å². The number of rotatable bonds is 5. The van der Waals surface area contributed by atoms with Crippen LogP contribution in [-0.4, -0.2) is 54.3 Å². The highest BCUT2D eigenvalue weighted by Gasteiger charge is 2.24. The highest BCUT2D eigenvalue weighted by atomic mass is 32.1. The van der Waals surface area contributed by atoms with Crippen molar-refractivity contribution in [2.24, 2.45) is 0 Å². The molecule has 4 heteroatoms. The number of aryl methyl sites for hydroxylation is 1. The lowest BCUT2D eigenvalue weighted by Gasteiger charge is -2.38. The maximum Gasteiger partial charge on any atom is 0.186 e. The van der Waals surface area contributed by atoms with Crippen LogP contribution in [0.15, 0.2) is 12.1 Å². The van der Waals surface area contributed by atoms with Crippen LogP contribution in [0, 0.1) is 0 Å².